The van der Waals surface area contributed by atoms with Crippen LogP contribution in [0.4, 0.5) is 5.69 Å². The molecule has 1 aromatic rings. The Labute approximate surface area is 106 Å². The lowest BCUT2D eigenvalue weighted by molar-refractivity contribution is -0.258. The molecule has 1 aliphatic heterocycles. The van der Waals surface area contributed by atoms with Crippen molar-refractivity contribution in [2.45, 2.75) is 25.6 Å². The second-order valence-electron chi connectivity index (χ2n) is 4.33. The molecule has 5 heteroatoms. The molecule has 18 heavy (non-hydrogen) atoms. The number of hydrogen-bond donors (Lipinski definition) is 1. The second kappa shape index (κ2) is 5.84. The lowest BCUT2D eigenvalue weighted by Crippen LogP contribution is -2.34. The Morgan fingerprint density at radius 1 is 1.39 bits per heavy atom. The van der Waals surface area contributed by atoms with Gasteiger partial charge in [-0.3, -0.25) is 4.79 Å². The molecule has 1 aliphatic rings. The summed E-state index contributed by atoms with van der Waals surface area (Å²) in [6.45, 7) is 0.689. The molecule has 98 valence electrons. The monoisotopic (exact) mass is 250 g/mol. The van der Waals surface area contributed by atoms with Crippen molar-refractivity contribution in [2.75, 3.05) is 19.4 Å². The van der Waals surface area contributed by atoms with Gasteiger partial charge in [-0.1, -0.05) is 0 Å². The zero-order chi connectivity index (χ0) is 13.0. The Morgan fingerprint density at radius 2 is 2.11 bits per heavy atom. The number of nitrogens with two attached hydrogens (primary N) is 1. The number of rotatable bonds is 3. The summed E-state index contributed by atoms with van der Waals surface area (Å²) in [5.41, 5.74) is 6.75. The average Bonchev–Trinajstić information content (AvgIpc) is 2.40. The number of ether oxygens (including phenoxy) is 1. The summed E-state index contributed by atoms with van der Waals surface area (Å²) in [6.07, 6.45) is 2.62. The summed E-state index contributed by atoms with van der Waals surface area (Å²) in [7, 11) is 1.59. The van der Waals surface area contributed by atoms with Gasteiger partial charge >= 0.3 is 0 Å². The first-order valence-electron chi connectivity index (χ1n) is 6.09. The van der Waals surface area contributed by atoms with Crippen LogP contribution in [0.5, 0.6) is 0 Å². The van der Waals surface area contributed by atoms with E-state index in [1.54, 1.807) is 31.3 Å². The molecule has 1 amide bonds. The number of hydroxylamine groups is 2. The molecule has 0 bridgehead atoms. The van der Waals surface area contributed by atoms with E-state index in [9.17, 15) is 4.79 Å². The van der Waals surface area contributed by atoms with Gasteiger partial charge in [0.2, 0.25) is 0 Å². The second-order valence-corrected chi connectivity index (χ2v) is 4.33. The highest BCUT2D eigenvalue weighted by molar-refractivity contribution is 5.93. The van der Waals surface area contributed by atoms with Crippen molar-refractivity contribution in [2.24, 2.45) is 0 Å². The van der Waals surface area contributed by atoms with Gasteiger partial charge in [0.1, 0.15) is 0 Å². The molecule has 1 unspecified atom stereocenters. The van der Waals surface area contributed by atoms with Gasteiger partial charge in [-0.15, -0.1) is 0 Å². The fourth-order valence-corrected chi connectivity index (χ4v) is 1.83. The normalized spacial score (nSPS) is 19.5. The van der Waals surface area contributed by atoms with Crippen molar-refractivity contribution < 1.29 is 14.4 Å². The molecule has 0 aromatic heterocycles. The fraction of sp³-hybridized carbons (Fsp3) is 0.462. The summed E-state index contributed by atoms with van der Waals surface area (Å²) in [5.74, 6) is -0.204. The topological polar surface area (TPSA) is 64.8 Å². The summed E-state index contributed by atoms with van der Waals surface area (Å²) in [4.78, 5) is 17.5. The molecule has 1 saturated heterocycles. The van der Waals surface area contributed by atoms with Crippen LogP contribution in [0.15, 0.2) is 24.3 Å². The lowest BCUT2D eigenvalue weighted by atomic mass is 10.2. The molecule has 5 nitrogen and oxygen atoms in total. The number of hydrogen-bond acceptors (Lipinski definition) is 4. The highest BCUT2D eigenvalue weighted by Crippen LogP contribution is 2.16. The number of benzene rings is 1. The minimum Gasteiger partial charge on any atom is -0.399 e. The Kier molecular flexibility index (Phi) is 4.17. The van der Waals surface area contributed by atoms with Crippen LogP contribution >= 0.6 is 0 Å². The van der Waals surface area contributed by atoms with Gasteiger partial charge in [-0.25, -0.2) is 9.90 Å². The van der Waals surface area contributed by atoms with Crippen molar-refractivity contribution in [3.05, 3.63) is 29.8 Å². The summed E-state index contributed by atoms with van der Waals surface area (Å²) in [5, 5.41) is 1.22. The maximum atomic E-state index is 12.0. The number of nitrogens with zero attached hydrogens (tertiary/aromatic N) is 1. The van der Waals surface area contributed by atoms with Crippen LogP contribution in [-0.2, 0) is 9.57 Å². The highest BCUT2D eigenvalue weighted by atomic mass is 16.8. The highest BCUT2D eigenvalue weighted by Gasteiger charge is 2.20. The van der Waals surface area contributed by atoms with E-state index in [1.807, 2.05) is 0 Å². The molecular weight excluding hydrogens is 232 g/mol. The van der Waals surface area contributed by atoms with Gasteiger partial charge in [0.15, 0.2) is 6.29 Å². The number of amides is 1. The molecule has 1 aromatic carbocycles. The Balaban J connectivity index is 1.93. The van der Waals surface area contributed by atoms with Gasteiger partial charge in [0, 0.05) is 31.3 Å². The van der Waals surface area contributed by atoms with Crippen LogP contribution in [0.1, 0.15) is 29.6 Å². The number of carbonyl (C=O) groups is 1. The van der Waals surface area contributed by atoms with Crippen molar-refractivity contribution in [3.8, 4) is 0 Å². The van der Waals surface area contributed by atoms with Crippen LogP contribution in [0.3, 0.4) is 0 Å². The van der Waals surface area contributed by atoms with Gasteiger partial charge in [-0.05, 0) is 37.1 Å². The maximum absolute atomic E-state index is 12.0. The first kappa shape index (κ1) is 12.9. The zero-order valence-corrected chi connectivity index (χ0v) is 10.5. The van der Waals surface area contributed by atoms with Gasteiger partial charge in [-0.2, -0.15) is 0 Å². The van der Waals surface area contributed by atoms with Crippen molar-refractivity contribution in [1.82, 2.24) is 5.06 Å². The quantitative estimate of drug-likeness (QED) is 0.656. The van der Waals surface area contributed by atoms with E-state index in [2.05, 4.69) is 0 Å². The molecule has 1 fully saturated rings. The largest absolute Gasteiger partial charge is 0.399 e. The van der Waals surface area contributed by atoms with E-state index in [0.29, 0.717) is 17.9 Å². The molecule has 0 saturated carbocycles. The summed E-state index contributed by atoms with van der Waals surface area (Å²) in [6, 6.07) is 6.74. The van der Waals surface area contributed by atoms with E-state index in [-0.39, 0.29) is 12.2 Å². The van der Waals surface area contributed by atoms with E-state index in [0.717, 1.165) is 19.3 Å². The van der Waals surface area contributed by atoms with Gasteiger partial charge in [0.05, 0.1) is 0 Å². The Morgan fingerprint density at radius 3 is 2.72 bits per heavy atom. The smallest absolute Gasteiger partial charge is 0.277 e. The van der Waals surface area contributed by atoms with Crippen LogP contribution < -0.4 is 5.73 Å². The van der Waals surface area contributed by atoms with E-state index < -0.39 is 0 Å². The van der Waals surface area contributed by atoms with Crippen LogP contribution in [0.25, 0.3) is 0 Å². The SMILES string of the molecule is CN(OC1CCCCO1)C(=O)c1ccc(N)cc1. The minimum absolute atomic E-state index is 0.204. The first-order chi connectivity index (χ1) is 8.66. The predicted molar refractivity (Wildman–Crippen MR) is 67.6 cm³/mol. The third-order valence-corrected chi connectivity index (χ3v) is 2.86. The number of carbonyl (C=O) groups excluding carboxylic acids is 1. The van der Waals surface area contributed by atoms with Gasteiger partial charge in [0.25, 0.3) is 5.91 Å². The van der Waals surface area contributed by atoms with Gasteiger partial charge < -0.3 is 10.5 Å². The molecule has 0 radical (unpaired) electrons. The number of anilines is 1. The minimum atomic E-state index is -0.318. The molecule has 0 aliphatic carbocycles. The lowest BCUT2D eigenvalue weighted by Gasteiger charge is -2.27. The van der Waals surface area contributed by atoms with E-state index in [1.165, 1.54) is 5.06 Å². The Hall–Kier alpha value is -1.59. The molecule has 2 rings (SSSR count). The molecule has 0 spiro atoms. The third-order valence-electron chi connectivity index (χ3n) is 2.86. The molecule has 1 heterocycles. The molecular formula is C13H18N2O3. The zero-order valence-electron chi connectivity index (χ0n) is 10.5. The standard InChI is InChI=1S/C13H18N2O3/c1-15(18-12-4-2-3-9-17-12)13(16)10-5-7-11(14)8-6-10/h5-8,12H,2-4,9,14H2,1H3. The predicted octanol–water partition coefficient (Wildman–Crippen LogP) is 1.80. The average molecular weight is 250 g/mol. The summed E-state index contributed by atoms with van der Waals surface area (Å²) >= 11 is 0. The van der Waals surface area contributed by atoms with E-state index in [4.69, 9.17) is 15.3 Å². The summed E-state index contributed by atoms with van der Waals surface area (Å²) < 4.78 is 5.42. The number of nitrogen functional groups attached to an aromatic ring is 1. The van der Waals surface area contributed by atoms with Crippen molar-refractivity contribution >= 4 is 11.6 Å². The molecule has 2 N–H and O–H groups in total. The van der Waals surface area contributed by atoms with Crippen molar-refractivity contribution in [3.63, 3.8) is 0 Å². The fourth-order valence-electron chi connectivity index (χ4n) is 1.83. The first-order valence-corrected chi connectivity index (χ1v) is 6.09. The Bertz CT molecular complexity index is 399. The van der Waals surface area contributed by atoms with E-state index >= 15 is 0 Å². The molecule has 1 atom stereocenters. The van der Waals surface area contributed by atoms with Crippen LogP contribution in [-0.4, -0.2) is 30.9 Å². The maximum Gasteiger partial charge on any atom is 0.277 e. The van der Waals surface area contributed by atoms with Crippen LogP contribution in [0, 0.1) is 0 Å². The van der Waals surface area contributed by atoms with Crippen LogP contribution in [0.2, 0.25) is 0 Å². The van der Waals surface area contributed by atoms with Crippen molar-refractivity contribution in [1.29, 1.82) is 0 Å². The third kappa shape index (κ3) is 3.21.